The quantitative estimate of drug-likeness (QED) is 0.448. The highest BCUT2D eigenvalue weighted by molar-refractivity contribution is 7.26. The molecule has 0 bridgehead atoms. The minimum absolute atomic E-state index is 0.0889. The molecule has 0 saturated heterocycles. The second-order valence-electron chi connectivity index (χ2n) is 4.05. The van der Waals surface area contributed by atoms with Gasteiger partial charge >= 0.3 is 0 Å². The maximum absolute atomic E-state index is 13.9. The number of halogens is 8. The SMILES string of the molecule is Fc1sc(-c2sc(-c3sc(F)c(F)c3F)c(F)c2F)c(F)c1F. The third-order valence-corrected chi connectivity index (χ3v) is 6.05. The summed E-state index contributed by atoms with van der Waals surface area (Å²) < 4.78 is 107. The molecule has 11 heteroatoms. The van der Waals surface area contributed by atoms with Crippen LogP contribution < -0.4 is 0 Å². The van der Waals surface area contributed by atoms with Crippen molar-refractivity contribution in [2.75, 3.05) is 0 Å². The summed E-state index contributed by atoms with van der Waals surface area (Å²) in [5.74, 6) is -10.6. The van der Waals surface area contributed by atoms with E-state index in [4.69, 9.17) is 0 Å². The standard InChI is InChI=1S/C12F8S3/c13-1-2(14)8(10-4(16)6(18)12(20)23-10)21-7(1)9-3(15)5(17)11(19)22-9. The molecule has 23 heavy (non-hydrogen) atoms. The predicted molar refractivity (Wildman–Crippen MR) is 70.6 cm³/mol. The van der Waals surface area contributed by atoms with Crippen molar-refractivity contribution >= 4 is 34.0 Å². The van der Waals surface area contributed by atoms with Gasteiger partial charge in [0.05, 0.1) is 19.5 Å². The maximum atomic E-state index is 13.9. The Labute approximate surface area is 134 Å². The molecule has 122 valence electrons. The van der Waals surface area contributed by atoms with Crippen LogP contribution in [0.4, 0.5) is 35.1 Å². The molecule has 0 aliphatic carbocycles. The zero-order valence-electron chi connectivity index (χ0n) is 10.2. The van der Waals surface area contributed by atoms with Gasteiger partial charge in [0.1, 0.15) is 0 Å². The third kappa shape index (κ3) is 2.37. The third-order valence-electron chi connectivity index (χ3n) is 2.72. The molecule has 0 N–H and O–H groups in total. The Bertz CT molecular complexity index is 847. The van der Waals surface area contributed by atoms with Crippen molar-refractivity contribution in [1.82, 2.24) is 0 Å². The van der Waals surface area contributed by atoms with Crippen LogP contribution in [-0.2, 0) is 0 Å². The molecule has 0 aliphatic heterocycles. The first-order valence-corrected chi connectivity index (χ1v) is 7.94. The molecule has 0 spiro atoms. The summed E-state index contributed by atoms with van der Waals surface area (Å²) in [5, 5.41) is -3.15. The molecular formula is C12F8S3. The molecule has 0 saturated carbocycles. The molecule has 3 heterocycles. The lowest BCUT2D eigenvalue weighted by atomic mass is 10.3. The van der Waals surface area contributed by atoms with Crippen LogP contribution in [0.5, 0.6) is 0 Å². The van der Waals surface area contributed by atoms with Crippen LogP contribution in [0.3, 0.4) is 0 Å². The van der Waals surface area contributed by atoms with Crippen molar-refractivity contribution < 1.29 is 35.1 Å². The first-order valence-electron chi connectivity index (χ1n) is 5.49. The highest BCUT2D eigenvalue weighted by Crippen LogP contribution is 2.46. The summed E-state index contributed by atoms with van der Waals surface area (Å²) in [6.45, 7) is 0. The lowest BCUT2D eigenvalue weighted by Crippen LogP contribution is -1.84. The van der Waals surface area contributed by atoms with Crippen molar-refractivity contribution in [3.63, 3.8) is 0 Å². The Kier molecular flexibility index (Phi) is 3.97. The van der Waals surface area contributed by atoms with Crippen molar-refractivity contribution in [2.45, 2.75) is 0 Å². The fourth-order valence-corrected chi connectivity index (χ4v) is 4.57. The van der Waals surface area contributed by atoms with E-state index in [1.807, 2.05) is 0 Å². The van der Waals surface area contributed by atoms with Crippen LogP contribution in [0.25, 0.3) is 19.5 Å². The van der Waals surface area contributed by atoms with E-state index in [-0.39, 0.29) is 34.0 Å². The van der Waals surface area contributed by atoms with Gasteiger partial charge in [-0.05, 0) is 0 Å². The molecule has 3 rings (SSSR count). The van der Waals surface area contributed by atoms with E-state index in [2.05, 4.69) is 0 Å². The van der Waals surface area contributed by atoms with Crippen molar-refractivity contribution in [1.29, 1.82) is 0 Å². The Balaban J connectivity index is 2.23. The molecular weight excluding hydrogens is 392 g/mol. The summed E-state index contributed by atoms with van der Waals surface area (Å²) in [4.78, 5) is -3.41. The maximum Gasteiger partial charge on any atom is 0.216 e. The first-order chi connectivity index (χ1) is 10.7. The van der Waals surface area contributed by atoms with Gasteiger partial charge < -0.3 is 0 Å². The number of rotatable bonds is 2. The monoisotopic (exact) mass is 392 g/mol. The number of thiophene rings is 3. The van der Waals surface area contributed by atoms with E-state index in [0.29, 0.717) is 0 Å². The normalized spacial score (nSPS) is 11.5. The zero-order valence-corrected chi connectivity index (χ0v) is 12.7. The molecule has 0 nitrogen and oxygen atoms in total. The van der Waals surface area contributed by atoms with E-state index in [1.165, 1.54) is 0 Å². The van der Waals surface area contributed by atoms with E-state index in [9.17, 15) is 35.1 Å². The fourth-order valence-electron chi connectivity index (χ4n) is 1.71. The summed E-state index contributed by atoms with van der Waals surface area (Å²) in [5.41, 5.74) is 0. The van der Waals surface area contributed by atoms with Crippen LogP contribution >= 0.6 is 34.0 Å². The van der Waals surface area contributed by atoms with Gasteiger partial charge in [-0.1, -0.05) is 22.7 Å². The van der Waals surface area contributed by atoms with Crippen LogP contribution in [0, 0.1) is 45.2 Å². The van der Waals surface area contributed by atoms with Crippen LogP contribution in [0.1, 0.15) is 0 Å². The van der Waals surface area contributed by atoms with Gasteiger partial charge in [0.2, 0.25) is 21.9 Å². The van der Waals surface area contributed by atoms with E-state index >= 15 is 0 Å². The smallest absolute Gasteiger partial charge is 0.202 e. The van der Waals surface area contributed by atoms with Gasteiger partial charge in [-0.3, -0.25) is 0 Å². The topological polar surface area (TPSA) is 0 Å². The molecule has 0 amide bonds. The van der Waals surface area contributed by atoms with Crippen molar-refractivity contribution in [2.24, 2.45) is 0 Å². The Morgan fingerprint density at radius 1 is 0.348 bits per heavy atom. The molecule has 0 unspecified atom stereocenters. The lowest BCUT2D eigenvalue weighted by Gasteiger charge is -1.92. The molecule has 0 atom stereocenters. The molecule has 3 aromatic heterocycles. The second-order valence-corrected chi connectivity index (χ2v) is 7.02. The second kappa shape index (κ2) is 5.56. The molecule has 0 aromatic carbocycles. The van der Waals surface area contributed by atoms with Gasteiger partial charge in [0, 0.05) is 0 Å². The molecule has 0 fully saturated rings. The van der Waals surface area contributed by atoms with Crippen LogP contribution in [0.2, 0.25) is 0 Å². The van der Waals surface area contributed by atoms with Crippen molar-refractivity contribution in [3.05, 3.63) is 45.2 Å². The van der Waals surface area contributed by atoms with E-state index in [0.717, 1.165) is 0 Å². The average Bonchev–Trinajstić information content (AvgIpc) is 3.04. The first kappa shape index (κ1) is 16.4. The van der Waals surface area contributed by atoms with Crippen LogP contribution in [0.15, 0.2) is 0 Å². The molecule has 0 radical (unpaired) electrons. The Hall–Kier alpha value is -1.46. The minimum Gasteiger partial charge on any atom is -0.202 e. The Morgan fingerprint density at radius 3 is 0.870 bits per heavy atom. The molecule has 3 aromatic rings. The van der Waals surface area contributed by atoms with Gasteiger partial charge in [-0.2, -0.15) is 17.6 Å². The van der Waals surface area contributed by atoms with Crippen molar-refractivity contribution in [3.8, 4) is 19.5 Å². The molecule has 0 aliphatic rings. The van der Waals surface area contributed by atoms with E-state index < -0.39 is 64.7 Å². The van der Waals surface area contributed by atoms with Gasteiger partial charge in [0.15, 0.2) is 23.3 Å². The van der Waals surface area contributed by atoms with Gasteiger partial charge in [-0.25, -0.2) is 17.6 Å². The largest absolute Gasteiger partial charge is 0.216 e. The fraction of sp³-hybridized carbons (Fsp3) is 0. The number of hydrogen-bond acceptors (Lipinski definition) is 3. The minimum atomic E-state index is -1.86. The highest BCUT2D eigenvalue weighted by atomic mass is 32.1. The summed E-state index contributed by atoms with van der Waals surface area (Å²) >= 11 is -0.138. The van der Waals surface area contributed by atoms with E-state index in [1.54, 1.807) is 0 Å². The predicted octanol–water partition coefficient (Wildman–Crippen LogP) is 6.32. The summed E-state index contributed by atoms with van der Waals surface area (Å²) in [6.07, 6.45) is 0. The Morgan fingerprint density at radius 2 is 0.609 bits per heavy atom. The van der Waals surface area contributed by atoms with Gasteiger partial charge in [-0.15, -0.1) is 11.3 Å². The zero-order chi connectivity index (χ0) is 17.0. The average molecular weight is 392 g/mol. The summed E-state index contributed by atoms with van der Waals surface area (Å²) in [7, 11) is 0. The number of hydrogen-bond donors (Lipinski definition) is 0. The lowest BCUT2D eigenvalue weighted by molar-refractivity contribution is 0.467. The highest BCUT2D eigenvalue weighted by Gasteiger charge is 2.31. The van der Waals surface area contributed by atoms with Gasteiger partial charge in [0.25, 0.3) is 0 Å². The summed E-state index contributed by atoms with van der Waals surface area (Å²) in [6, 6.07) is 0. The van der Waals surface area contributed by atoms with Crippen LogP contribution in [-0.4, -0.2) is 0 Å².